The van der Waals surface area contributed by atoms with Crippen molar-refractivity contribution in [3.8, 4) is 0 Å². The van der Waals surface area contributed by atoms with E-state index in [-0.39, 0.29) is 12.1 Å². The molecular formula is C17H24N6O. The Morgan fingerprint density at radius 1 is 1.33 bits per heavy atom. The number of rotatable bonds is 4. The minimum Gasteiger partial charge on any atom is -0.350 e. The van der Waals surface area contributed by atoms with E-state index in [9.17, 15) is 4.79 Å². The van der Waals surface area contributed by atoms with Crippen LogP contribution in [0.4, 0.5) is 10.7 Å². The minimum atomic E-state index is -0.130. The van der Waals surface area contributed by atoms with Crippen molar-refractivity contribution < 1.29 is 4.79 Å². The van der Waals surface area contributed by atoms with E-state index >= 15 is 0 Å². The summed E-state index contributed by atoms with van der Waals surface area (Å²) in [5, 5.41) is 5.99. The molecule has 1 unspecified atom stereocenters. The van der Waals surface area contributed by atoms with E-state index in [1.54, 1.807) is 12.4 Å². The lowest BCUT2D eigenvalue weighted by molar-refractivity contribution is 0.234. The molecule has 1 aliphatic rings. The molecule has 2 N–H and O–H groups in total. The Morgan fingerprint density at radius 3 is 2.83 bits per heavy atom. The van der Waals surface area contributed by atoms with Crippen molar-refractivity contribution in [2.24, 2.45) is 7.05 Å². The molecule has 2 aromatic rings. The number of hydrogen-bond donors (Lipinski definition) is 2. The summed E-state index contributed by atoms with van der Waals surface area (Å²) < 4.78 is 2.08. The molecule has 1 saturated heterocycles. The van der Waals surface area contributed by atoms with Gasteiger partial charge < -0.3 is 20.1 Å². The highest BCUT2D eigenvalue weighted by Gasteiger charge is 2.22. The largest absolute Gasteiger partial charge is 0.350 e. The molecule has 0 spiro atoms. The van der Waals surface area contributed by atoms with E-state index in [0.29, 0.717) is 6.54 Å². The van der Waals surface area contributed by atoms with E-state index in [4.69, 9.17) is 0 Å². The third-order valence-corrected chi connectivity index (χ3v) is 4.50. The Morgan fingerprint density at radius 2 is 2.12 bits per heavy atom. The van der Waals surface area contributed by atoms with Gasteiger partial charge >= 0.3 is 6.03 Å². The summed E-state index contributed by atoms with van der Waals surface area (Å²) in [6, 6.07) is 5.87. The number of anilines is 1. The van der Waals surface area contributed by atoms with E-state index in [1.165, 1.54) is 5.69 Å². The van der Waals surface area contributed by atoms with Gasteiger partial charge in [0.15, 0.2) is 0 Å². The maximum Gasteiger partial charge on any atom is 0.315 e. The monoisotopic (exact) mass is 328 g/mol. The van der Waals surface area contributed by atoms with Crippen molar-refractivity contribution in [1.82, 2.24) is 25.2 Å². The molecule has 1 fully saturated rings. The van der Waals surface area contributed by atoms with Gasteiger partial charge in [-0.25, -0.2) is 14.8 Å². The zero-order valence-electron chi connectivity index (χ0n) is 14.2. The first-order chi connectivity index (χ1) is 11.6. The van der Waals surface area contributed by atoms with Gasteiger partial charge in [-0.05, 0) is 38.0 Å². The summed E-state index contributed by atoms with van der Waals surface area (Å²) in [6.07, 6.45) is 5.47. The van der Waals surface area contributed by atoms with Crippen molar-refractivity contribution in [3.63, 3.8) is 0 Å². The lowest BCUT2D eigenvalue weighted by atomic mass is 10.1. The molecule has 3 heterocycles. The number of carbonyl (C=O) groups excluding carboxylic acids is 1. The second-order valence-electron chi connectivity index (χ2n) is 6.19. The fourth-order valence-electron chi connectivity index (χ4n) is 2.98. The Kier molecular flexibility index (Phi) is 4.98. The van der Waals surface area contributed by atoms with E-state index < -0.39 is 0 Å². The van der Waals surface area contributed by atoms with Crippen LogP contribution in [0.3, 0.4) is 0 Å². The van der Waals surface area contributed by atoms with Gasteiger partial charge in [-0.3, -0.25) is 0 Å². The van der Waals surface area contributed by atoms with E-state index in [1.807, 2.05) is 32.2 Å². The average molecular weight is 328 g/mol. The molecule has 7 nitrogen and oxygen atoms in total. The Bertz CT molecular complexity index is 684. The summed E-state index contributed by atoms with van der Waals surface area (Å²) in [6.45, 7) is 4.23. The molecule has 0 bridgehead atoms. The maximum absolute atomic E-state index is 12.2. The Balaban J connectivity index is 1.50. The Hall–Kier alpha value is -2.57. The third kappa shape index (κ3) is 3.84. The van der Waals surface area contributed by atoms with Gasteiger partial charge in [0.1, 0.15) is 0 Å². The molecule has 2 aromatic heterocycles. The second kappa shape index (κ2) is 7.33. The molecule has 7 heteroatoms. The van der Waals surface area contributed by atoms with E-state index in [2.05, 4.69) is 30.1 Å². The summed E-state index contributed by atoms with van der Waals surface area (Å²) in [7, 11) is 2.00. The first kappa shape index (κ1) is 16.3. The fourth-order valence-corrected chi connectivity index (χ4v) is 2.98. The van der Waals surface area contributed by atoms with Gasteiger partial charge in [0.05, 0.1) is 6.54 Å². The highest BCUT2D eigenvalue weighted by molar-refractivity contribution is 5.74. The molecule has 0 aromatic carbocycles. The zero-order chi connectivity index (χ0) is 16.9. The van der Waals surface area contributed by atoms with E-state index in [0.717, 1.165) is 37.6 Å². The van der Waals surface area contributed by atoms with Crippen LogP contribution in [0.15, 0.2) is 30.6 Å². The van der Waals surface area contributed by atoms with Crippen molar-refractivity contribution in [2.45, 2.75) is 32.4 Å². The molecule has 0 aliphatic carbocycles. The maximum atomic E-state index is 12.2. The standard InChI is InChI=1S/C17H24N6O/c1-13-6-7-15(22(13)2)11-20-17(24)21-14-5-3-10-23(12-14)16-18-8-4-9-19-16/h4,6-9,14H,3,5,10-12H2,1-2H3,(H2,20,21,24). The zero-order valence-corrected chi connectivity index (χ0v) is 14.2. The topological polar surface area (TPSA) is 75.1 Å². The molecular weight excluding hydrogens is 304 g/mol. The Labute approximate surface area is 142 Å². The van der Waals surface area contributed by atoms with Crippen molar-refractivity contribution >= 4 is 12.0 Å². The summed E-state index contributed by atoms with van der Waals surface area (Å²) in [5.74, 6) is 0.726. The number of amides is 2. The van der Waals surface area contributed by atoms with Crippen LogP contribution < -0.4 is 15.5 Å². The van der Waals surface area contributed by atoms with Crippen LogP contribution in [0, 0.1) is 6.92 Å². The molecule has 24 heavy (non-hydrogen) atoms. The molecule has 128 valence electrons. The predicted octanol–water partition coefficient (Wildman–Crippen LogP) is 1.59. The smallest absolute Gasteiger partial charge is 0.315 e. The summed E-state index contributed by atoms with van der Waals surface area (Å²) in [4.78, 5) is 22.9. The van der Waals surface area contributed by atoms with Crippen LogP contribution >= 0.6 is 0 Å². The van der Waals surface area contributed by atoms with Gasteiger partial charge in [0.25, 0.3) is 0 Å². The summed E-state index contributed by atoms with van der Waals surface area (Å²) in [5.41, 5.74) is 2.27. The number of aromatic nitrogens is 3. The van der Waals surface area contributed by atoms with Gasteiger partial charge in [-0.15, -0.1) is 0 Å². The van der Waals surface area contributed by atoms with Crippen LogP contribution in [-0.4, -0.2) is 39.7 Å². The van der Waals surface area contributed by atoms with Crippen molar-refractivity contribution in [3.05, 3.63) is 42.0 Å². The van der Waals surface area contributed by atoms with Crippen LogP contribution in [0.1, 0.15) is 24.2 Å². The number of nitrogens with one attached hydrogen (secondary N) is 2. The second-order valence-corrected chi connectivity index (χ2v) is 6.19. The number of hydrogen-bond acceptors (Lipinski definition) is 4. The predicted molar refractivity (Wildman–Crippen MR) is 92.8 cm³/mol. The summed E-state index contributed by atoms with van der Waals surface area (Å²) >= 11 is 0. The normalized spacial score (nSPS) is 17.6. The fraction of sp³-hybridized carbons (Fsp3) is 0.471. The van der Waals surface area contributed by atoms with Gasteiger partial charge in [0.2, 0.25) is 5.95 Å². The molecule has 0 radical (unpaired) electrons. The molecule has 3 rings (SSSR count). The quantitative estimate of drug-likeness (QED) is 0.894. The lowest BCUT2D eigenvalue weighted by Gasteiger charge is -2.33. The minimum absolute atomic E-state index is 0.109. The number of urea groups is 1. The van der Waals surface area contributed by atoms with Gasteiger partial charge in [0, 0.05) is 50.0 Å². The van der Waals surface area contributed by atoms with Crippen molar-refractivity contribution in [2.75, 3.05) is 18.0 Å². The third-order valence-electron chi connectivity index (χ3n) is 4.50. The first-order valence-electron chi connectivity index (χ1n) is 8.31. The number of carbonyl (C=O) groups is 1. The molecule has 2 amide bonds. The first-order valence-corrected chi connectivity index (χ1v) is 8.31. The van der Waals surface area contributed by atoms with Crippen molar-refractivity contribution in [1.29, 1.82) is 0 Å². The van der Waals surface area contributed by atoms with Gasteiger partial charge in [-0.2, -0.15) is 0 Å². The van der Waals surface area contributed by atoms with Crippen LogP contribution in [0.5, 0.6) is 0 Å². The van der Waals surface area contributed by atoms with Crippen LogP contribution in [-0.2, 0) is 13.6 Å². The number of aryl methyl sites for hydroxylation is 1. The molecule has 0 saturated carbocycles. The molecule has 1 aliphatic heterocycles. The molecule has 1 atom stereocenters. The van der Waals surface area contributed by atoms with Crippen LogP contribution in [0.25, 0.3) is 0 Å². The number of nitrogens with zero attached hydrogens (tertiary/aromatic N) is 4. The van der Waals surface area contributed by atoms with Crippen LogP contribution in [0.2, 0.25) is 0 Å². The average Bonchev–Trinajstić information content (AvgIpc) is 2.93. The highest BCUT2D eigenvalue weighted by Crippen LogP contribution is 2.15. The SMILES string of the molecule is Cc1ccc(CNC(=O)NC2CCCN(c3ncccn3)C2)n1C. The lowest BCUT2D eigenvalue weighted by Crippen LogP contribution is -2.50. The van der Waals surface area contributed by atoms with Gasteiger partial charge in [-0.1, -0.05) is 0 Å². The number of piperidine rings is 1. The highest BCUT2D eigenvalue weighted by atomic mass is 16.2.